The highest BCUT2D eigenvalue weighted by Gasteiger charge is 2.12. The molecule has 7 heteroatoms. The van der Waals surface area contributed by atoms with Gasteiger partial charge < -0.3 is 4.52 Å². The summed E-state index contributed by atoms with van der Waals surface area (Å²) in [6, 6.07) is 15.5. The maximum Gasteiger partial charge on any atom is 0.241 e. The third kappa shape index (κ3) is 3.71. The number of hydrogen-bond donors (Lipinski definition) is 0. The van der Waals surface area contributed by atoms with E-state index in [0.29, 0.717) is 23.3 Å². The first kappa shape index (κ1) is 16.2. The number of halogens is 1. The molecule has 25 heavy (non-hydrogen) atoms. The van der Waals surface area contributed by atoms with Gasteiger partial charge in [0.05, 0.1) is 23.3 Å². The summed E-state index contributed by atoms with van der Waals surface area (Å²) in [5.41, 5.74) is 1.92. The van der Waals surface area contributed by atoms with E-state index < -0.39 is 0 Å². The van der Waals surface area contributed by atoms with E-state index >= 15 is 0 Å². The largest absolute Gasteiger partial charge is 0.338 e. The van der Waals surface area contributed by atoms with Crippen molar-refractivity contribution in [2.24, 2.45) is 0 Å². The zero-order chi connectivity index (χ0) is 17.2. The van der Waals surface area contributed by atoms with E-state index in [1.165, 1.54) is 4.70 Å². The van der Waals surface area contributed by atoms with Crippen molar-refractivity contribution in [3.63, 3.8) is 0 Å². The summed E-state index contributed by atoms with van der Waals surface area (Å²) in [4.78, 5) is 11.2. The van der Waals surface area contributed by atoms with Crippen LogP contribution in [0.1, 0.15) is 10.9 Å². The van der Waals surface area contributed by atoms with Gasteiger partial charge >= 0.3 is 0 Å². The Morgan fingerprint density at radius 1 is 1.04 bits per heavy atom. The first-order valence-electron chi connectivity index (χ1n) is 7.79. The van der Waals surface area contributed by atoms with Crippen LogP contribution in [0.2, 0.25) is 5.02 Å². The quantitative estimate of drug-likeness (QED) is 0.512. The zero-order valence-corrected chi connectivity index (χ0v) is 15.1. The third-order valence-corrected chi connectivity index (χ3v) is 4.99. The molecule has 0 aliphatic rings. The normalized spacial score (nSPS) is 11.5. The van der Waals surface area contributed by atoms with Gasteiger partial charge in [0, 0.05) is 10.6 Å². The summed E-state index contributed by atoms with van der Waals surface area (Å²) in [7, 11) is 2.01. The molecule has 0 fully saturated rings. The molecule has 0 atom stereocenters. The van der Waals surface area contributed by atoms with Gasteiger partial charge in [-0.05, 0) is 43.4 Å². The summed E-state index contributed by atoms with van der Waals surface area (Å²) >= 11 is 7.61. The lowest BCUT2D eigenvalue weighted by Gasteiger charge is -2.11. The third-order valence-electron chi connectivity index (χ3n) is 3.72. The summed E-state index contributed by atoms with van der Waals surface area (Å²) in [6.45, 7) is 1.30. The molecular weight excluding hydrogens is 356 g/mol. The van der Waals surface area contributed by atoms with Gasteiger partial charge in [0.2, 0.25) is 11.7 Å². The second-order valence-corrected chi connectivity index (χ2v) is 7.32. The Morgan fingerprint density at radius 3 is 2.64 bits per heavy atom. The van der Waals surface area contributed by atoms with Gasteiger partial charge in [-0.1, -0.05) is 28.9 Å². The molecule has 0 radical (unpaired) electrons. The second-order valence-electron chi connectivity index (χ2n) is 5.77. The molecule has 0 aliphatic heterocycles. The van der Waals surface area contributed by atoms with Crippen molar-refractivity contribution in [2.45, 2.75) is 13.1 Å². The topological polar surface area (TPSA) is 55.1 Å². The predicted molar refractivity (Wildman–Crippen MR) is 99.5 cm³/mol. The van der Waals surface area contributed by atoms with Gasteiger partial charge in [0.15, 0.2) is 0 Å². The van der Waals surface area contributed by atoms with Crippen molar-refractivity contribution in [3.05, 3.63) is 64.5 Å². The molecule has 0 bridgehead atoms. The molecule has 2 heterocycles. The summed E-state index contributed by atoms with van der Waals surface area (Å²) < 4.78 is 6.57. The van der Waals surface area contributed by atoms with Gasteiger partial charge in [0.1, 0.15) is 5.01 Å². The van der Waals surface area contributed by atoms with Crippen LogP contribution in [0, 0.1) is 0 Å². The maximum atomic E-state index is 5.90. The number of benzene rings is 2. The van der Waals surface area contributed by atoms with E-state index in [1.54, 1.807) is 11.3 Å². The Morgan fingerprint density at radius 2 is 1.84 bits per heavy atom. The van der Waals surface area contributed by atoms with Crippen LogP contribution in [-0.4, -0.2) is 27.1 Å². The number of aromatic nitrogens is 3. The molecule has 0 spiro atoms. The highest BCUT2D eigenvalue weighted by atomic mass is 35.5. The molecule has 0 aliphatic carbocycles. The number of fused-ring (bicyclic) bond motifs is 1. The number of para-hydroxylation sites is 1. The van der Waals surface area contributed by atoms with Gasteiger partial charge in [-0.25, -0.2) is 4.98 Å². The van der Waals surface area contributed by atoms with E-state index in [1.807, 2.05) is 49.5 Å². The number of nitrogens with zero attached hydrogens (tertiary/aromatic N) is 4. The van der Waals surface area contributed by atoms with E-state index in [9.17, 15) is 0 Å². The lowest BCUT2D eigenvalue weighted by Crippen LogP contribution is -2.17. The van der Waals surface area contributed by atoms with Crippen LogP contribution in [0.25, 0.3) is 21.6 Å². The van der Waals surface area contributed by atoms with E-state index in [0.717, 1.165) is 22.6 Å². The van der Waals surface area contributed by atoms with Gasteiger partial charge in [-0.15, -0.1) is 11.3 Å². The van der Waals surface area contributed by atoms with Crippen molar-refractivity contribution in [1.82, 2.24) is 20.0 Å². The zero-order valence-electron chi connectivity index (χ0n) is 13.5. The van der Waals surface area contributed by atoms with Crippen molar-refractivity contribution in [1.29, 1.82) is 0 Å². The average Bonchev–Trinajstić information content (AvgIpc) is 3.21. The van der Waals surface area contributed by atoms with Crippen molar-refractivity contribution < 1.29 is 4.52 Å². The molecule has 0 saturated carbocycles. The Hall–Kier alpha value is -2.28. The molecule has 2 aromatic heterocycles. The Labute approximate surface area is 153 Å². The first-order valence-corrected chi connectivity index (χ1v) is 8.98. The van der Waals surface area contributed by atoms with Crippen molar-refractivity contribution >= 4 is 33.2 Å². The van der Waals surface area contributed by atoms with E-state index in [-0.39, 0.29) is 0 Å². The highest BCUT2D eigenvalue weighted by Crippen LogP contribution is 2.23. The number of thiazole rings is 1. The van der Waals surface area contributed by atoms with Crippen LogP contribution in [0.4, 0.5) is 0 Å². The maximum absolute atomic E-state index is 5.90. The smallest absolute Gasteiger partial charge is 0.241 e. The molecule has 0 N–H and O–H groups in total. The van der Waals surface area contributed by atoms with Crippen LogP contribution in [-0.2, 0) is 13.1 Å². The van der Waals surface area contributed by atoms with Gasteiger partial charge in [-0.3, -0.25) is 4.90 Å². The molecule has 2 aromatic carbocycles. The summed E-state index contributed by atoms with van der Waals surface area (Å²) in [6.07, 6.45) is 0. The SMILES string of the molecule is CN(Cc1nc(-c2ccc(Cl)cc2)no1)Cc1nc2ccccc2s1. The van der Waals surface area contributed by atoms with Crippen LogP contribution in [0.15, 0.2) is 53.1 Å². The fourth-order valence-corrected chi connectivity index (χ4v) is 3.71. The minimum atomic E-state index is 0.566. The minimum absolute atomic E-state index is 0.566. The van der Waals surface area contributed by atoms with E-state index in [4.69, 9.17) is 16.1 Å². The monoisotopic (exact) mass is 370 g/mol. The second kappa shape index (κ2) is 6.92. The van der Waals surface area contributed by atoms with Crippen molar-refractivity contribution in [3.8, 4) is 11.4 Å². The average molecular weight is 371 g/mol. The summed E-state index contributed by atoms with van der Waals surface area (Å²) in [5.74, 6) is 1.15. The lowest BCUT2D eigenvalue weighted by atomic mass is 10.2. The molecule has 5 nitrogen and oxygen atoms in total. The molecule has 0 saturated heterocycles. The van der Waals surface area contributed by atoms with Crippen LogP contribution in [0.5, 0.6) is 0 Å². The van der Waals surface area contributed by atoms with Gasteiger partial charge in [-0.2, -0.15) is 4.98 Å². The molecule has 126 valence electrons. The standard InChI is InChI=1S/C18H15ClN4OS/c1-23(11-17-20-14-4-2-3-5-15(14)25-17)10-16-21-18(22-24-16)12-6-8-13(19)9-7-12/h2-9H,10-11H2,1H3. The van der Waals surface area contributed by atoms with E-state index in [2.05, 4.69) is 26.1 Å². The highest BCUT2D eigenvalue weighted by molar-refractivity contribution is 7.18. The van der Waals surface area contributed by atoms with Crippen molar-refractivity contribution in [2.75, 3.05) is 7.05 Å². The Balaban J connectivity index is 1.44. The Kier molecular flexibility index (Phi) is 4.48. The molecule has 4 rings (SSSR count). The lowest BCUT2D eigenvalue weighted by molar-refractivity contribution is 0.260. The Bertz CT molecular complexity index is 963. The molecular formula is C18H15ClN4OS. The van der Waals surface area contributed by atoms with Crippen LogP contribution < -0.4 is 0 Å². The number of rotatable bonds is 5. The predicted octanol–water partition coefficient (Wildman–Crippen LogP) is 4.63. The first-order chi connectivity index (χ1) is 12.2. The number of hydrogen-bond acceptors (Lipinski definition) is 6. The van der Waals surface area contributed by atoms with Crippen LogP contribution in [0.3, 0.4) is 0 Å². The minimum Gasteiger partial charge on any atom is -0.338 e. The van der Waals surface area contributed by atoms with Gasteiger partial charge in [0.25, 0.3) is 0 Å². The summed E-state index contributed by atoms with van der Waals surface area (Å²) in [5, 5.41) is 5.80. The molecule has 0 amide bonds. The fourth-order valence-electron chi connectivity index (χ4n) is 2.54. The molecule has 0 unspecified atom stereocenters. The fraction of sp³-hybridized carbons (Fsp3) is 0.167. The van der Waals surface area contributed by atoms with Crippen LogP contribution >= 0.6 is 22.9 Å². The molecule has 4 aromatic rings.